The van der Waals surface area contributed by atoms with E-state index in [1.807, 2.05) is 19.1 Å². The predicted octanol–water partition coefficient (Wildman–Crippen LogP) is 2.99. The maximum Gasteiger partial charge on any atom is 0.336 e. The smallest absolute Gasteiger partial charge is 0.336 e. The number of aliphatic hydroxyl groups excluding tert-OH is 1. The van der Waals surface area contributed by atoms with E-state index >= 15 is 0 Å². The molecule has 1 N–H and O–H groups in total. The Labute approximate surface area is 154 Å². The highest BCUT2D eigenvalue weighted by Crippen LogP contribution is 2.22. The number of nitrogens with zero attached hydrogens (tertiary/aromatic N) is 1. The van der Waals surface area contributed by atoms with Crippen molar-refractivity contribution in [3.8, 4) is 5.75 Å². The molecule has 1 atom stereocenters. The minimum atomic E-state index is -0.529. The lowest BCUT2D eigenvalue weighted by molar-refractivity contribution is 0.0563. The normalized spacial score (nSPS) is 17.2. The van der Waals surface area contributed by atoms with E-state index < -0.39 is 6.10 Å². The Morgan fingerprint density at radius 2 is 2.04 bits per heavy atom. The van der Waals surface area contributed by atoms with Crippen molar-refractivity contribution in [3.05, 3.63) is 40.2 Å². The van der Waals surface area contributed by atoms with Crippen molar-refractivity contribution < 1.29 is 14.3 Å². The Balaban J connectivity index is 0.00000225. The van der Waals surface area contributed by atoms with Crippen molar-refractivity contribution in [2.75, 3.05) is 26.2 Å². The minimum Gasteiger partial charge on any atom is -0.491 e. The van der Waals surface area contributed by atoms with Crippen LogP contribution in [-0.4, -0.2) is 42.4 Å². The quantitative estimate of drug-likeness (QED) is 0.823. The topological polar surface area (TPSA) is 62.9 Å². The van der Waals surface area contributed by atoms with E-state index in [4.69, 9.17) is 9.15 Å². The largest absolute Gasteiger partial charge is 0.491 e. The van der Waals surface area contributed by atoms with Crippen LogP contribution in [0.15, 0.2) is 33.5 Å². The summed E-state index contributed by atoms with van der Waals surface area (Å²) in [6.07, 6.45) is 1.85. The van der Waals surface area contributed by atoms with Gasteiger partial charge in [0, 0.05) is 24.1 Å². The number of aryl methyl sites for hydroxylation is 1. The van der Waals surface area contributed by atoms with Crippen molar-refractivity contribution in [1.82, 2.24) is 4.90 Å². The van der Waals surface area contributed by atoms with Gasteiger partial charge in [-0.1, -0.05) is 6.92 Å². The minimum absolute atomic E-state index is 0. The summed E-state index contributed by atoms with van der Waals surface area (Å²) in [5, 5.41) is 11.1. The number of hydrogen-bond donors (Lipinski definition) is 1. The Bertz CT molecular complexity index is 753. The number of halogens is 1. The van der Waals surface area contributed by atoms with E-state index in [1.165, 1.54) is 18.9 Å². The average Bonchev–Trinajstić information content (AvgIpc) is 2.54. The zero-order valence-electron chi connectivity index (χ0n) is 14.7. The fourth-order valence-corrected chi connectivity index (χ4v) is 3.18. The molecule has 1 fully saturated rings. The molecule has 0 amide bonds. The molecule has 0 aliphatic carbocycles. The van der Waals surface area contributed by atoms with Gasteiger partial charge >= 0.3 is 5.63 Å². The van der Waals surface area contributed by atoms with Crippen LogP contribution in [0.1, 0.15) is 25.3 Å². The zero-order valence-corrected chi connectivity index (χ0v) is 15.6. The maximum absolute atomic E-state index is 11.5. The number of β-amino-alcohol motifs (C(OH)–C–C–N with tert-alkyl or cyclic N) is 1. The number of hydrogen-bond acceptors (Lipinski definition) is 5. The third kappa shape index (κ3) is 5.21. The van der Waals surface area contributed by atoms with E-state index in [0.29, 0.717) is 17.9 Å². The fraction of sp³-hybridized carbons (Fsp3) is 0.526. The number of aliphatic hydroxyl groups is 1. The molecule has 1 aromatic heterocycles. The van der Waals surface area contributed by atoms with Crippen LogP contribution in [0.25, 0.3) is 11.0 Å². The molecule has 0 spiro atoms. The van der Waals surface area contributed by atoms with E-state index in [0.717, 1.165) is 30.0 Å². The summed E-state index contributed by atoms with van der Waals surface area (Å²) in [4.78, 5) is 13.8. The Morgan fingerprint density at radius 1 is 1.32 bits per heavy atom. The van der Waals surface area contributed by atoms with Gasteiger partial charge in [0.25, 0.3) is 0 Å². The average molecular weight is 368 g/mol. The van der Waals surface area contributed by atoms with Gasteiger partial charge in [0.2, 0.25) is 0 Å². The molecule has 0 radical (unpaired) electrons. The molecular formula is C19H26ClNO4. The van der Waals surface area contributed by atoms with Gasteiger partial charge in [0.1, 0.15) is 24.0 Å². The lowest BCUT2D eigenvalue weighted by Gasteiger charge is -2.31. The van der Waals surface area contributed by atoms with Crippen molar-refractivity contribution >= 4 is 23.4 Å². The van der Waals surface area contributed by atoms with Crippen molar-refractivity contribution in [3.63, 3.8) is 0 Å². The monoisotopic (exact) mass is 367 g/mol. The molecule has 25 heavy (non-hydrogen) atoms. The molecule has 138 valence electrons. The standard InChI is InChI=1S/C19H25NO4.ClH/c1-13-5-7-20(8-6-13)11-15(21)12-23-16-3-4-17-14(2)9-19(22)24-18(17)10-16;/h3-4,9-10,13,15,21H,5-8,11-12H2,1-2H3;1H. The molecule has 5 nitrogen and oxygen atoms in total. The second-order valence-electron chi connectivity index (χ2n) is 6.85. The summed E-state index contributed by atoms with van der Waals surface area (Å²) in [6, 6.07) is 6.90. The Hall–Kier alpha value is -1.56. The first-order chi connectivity index (χ1) is 11.5. The molecule has 0 bridgehead atoms. The molecule has 1 aromatic carbocycles. The van der Waals surface area contributed by atoms with Crippen molar-refractivity contribution in [2.45, 2.75) is 32.8 Å². The van der Waals surface area contributed by atoms with E-state index in [9.17, 15) is 9.90 Å². The highest BCUT2D eigenvalue weighted by molar-refractivity contribution is 5.85. The van der Waals surface area contributed by atoms with E-state index in [2.05, 4.69) is 11.8 Å². The molecule has 1 saturated heterocycles. The van der Waals surface area contributed by atoms with Crippen LogP contribution in [0.2, 0.25) is 0 Å². The molecule has 1 aliphatic rings. The van der Waals surface area contributed by atoms with Gasteiger partial charge in [0.15, 0.2) is 0 Å². The zero-order chi connectivity index (χ0) is 17.1. The lowest BCUT2D eigenvalue weighted by Crippen LogP contribution is -2.40. The number of benzene rings is 1. The van der Waals surface area contributed by atoms with Gasteiger partial charge < -0.3 is 19.2 Å². The Kier molecular flexibility index (Phi) is 6.87. The van der Waals surface area contributed by atoms with Gasteiger partial charge in [0.05, 0.1) is 0 Å². The SMILES string of the molecule is Cc1cc(=O)oc2cc(OCC(O)CN3CCC(C)CC3)ccc12.Cl. The van der Waals surface area contributed by atoms with Crippen LogP contribution in [0.3, 0.4) is 0 Å². The highest BCUT2D eigenvalue weighted by atomic mass is 35.5. The summed E-state index contributed by atoms with van der Waals surface area (Å²) in [7, 11) is 0. The molecular weight excluding hydrogens is 342 g/mol. The van der Waals surface area contributed by atoms with E-state index in [-0.39, 0.29) is 24.6 Å². The summed E-state index contributed by atoms with van der Waals surface area (Å²) < 4.78 is 10.9. The van der Waals surface area contributed by atoms with Gasteiger partial charge in [-0.15, -0.1) is 12.4 Å². The fourth-order valence-electron chi connectivity index (χ4n) is 3.18. The highest BCUT2D eigenvalue weighted by Gasteiger charge is 2.18. The van der Waals surface area contributed by atoms with Crippen LogP contribution in [-0.2, 0) is 0 Å². The predicted molar refractivity (Wildman–Crippen MR) is 101 cm³/mol. The lowest BCUT2D eigenvalue weighted by atomic mass is 9.99. The molecule has 3 rings (SSSR count). The first kappa shape index (κ1) is 19.8. The summed E-state index contributed by atoms with van der Waals surface area (Å²) in [6.45, 7) is 7.10. The number of likely N-dealkylation sites (tertiary alicyclic amines) is 1. The van der Waals surface area contributed by atoms with Gasteiger partial charge in [-0.2, -0.15) is 0 Å². The maximum atomic E-state index is 11.5. The third-order valence-electron chi connectivity index (χ3n) is 4.71. The molecule has 2 aromatic rings. The molecule has 2 heterocycles. The second kappa shape index (κ2) is 8.70. The molecule has 1 aliphatic heterocycles. The van der Waals surface area contributed by atoms with Crippen LogP contribution >= 0.6 is 12.4 Å². The van der Waals surface area contributed by atoms with Crippen LogP contribution in [0.4, 0.5) is 0 Å². The first-order valence-corrected chi connectivity index (χ1v) is 8.59. The Morgan fingerprint density at radius 3 is 2.76 bits per heavy atom. The third-order valence-corrected chi connectivity index (χ3v) is 4.71. The summed E-state index contributed by atoms with van der Waals surface area (Å²) in [5.74, 6) is 1.38. The molecule has 6 heteroatoms. The van der Waals surface area contributed by atoms with Crippen LogP contribution in [0.5, 0.6) is 5.75 Å². The molecule has 0 saturated carbocycles. The number of piperidine rings is 1. The number of ether oxygens (including phenoxy) is 1. The van der Waals surface area contributed by atoms with Crippen LogP contribution in [0, 0.1) is 12.8 Å². The van der Waals surface area contributed by atoms with Crippen LogP contribution < -0.4 is 10.4 Å². The van der Waals surface area contributed by atoms with Crippen molar-refractivity contribution in [2.24, 2.45) is 5.92 Å². The number of rotatable bonds is 5. The molecule has 1 unspecified atom stereocenters. The number of fused-ring (bicyclic) bond motifs is 1. The second-order valence-corrected chi connectivity index (χ2v) is 6.85. The van der Waals surface area contributed by atoms with E-state index in [1.54, 1.807) is 6.07 Å². The van der Waals surface area contributed by atoms with Gasteiger partial charge in [-0.25, -0.2) is 4.79 Å². The van der Waals surface area contributed by atoms with Crippen molar-refractivity contribution in [1.29, 1.82) is 0 Å². The van der Waals surface area contributed by atoms with Gasteiger partial charge in [-0.05, 0) is 56.5 Å². The van der Waals surface area contributed by atoms with Gasteiger partial charge in [-0.3, -0.25) is 0 Å². The summed E-state index contributed by atoms with van der Waals surface area (Å²) in [5.41, 5.74) is 1.03. The first-order valence-electron chi connectivity index (χ1n) is 8.59. The summed E-state index contributed by atoms with van der Waals surface area (Å²) >= 11 is 0.